The summed E-state index contributed by atoms with van der Waals surface area (Å²) in [5.74, 6) is 0.679. The van der Waals surface area contributed by atoms with Crippen molar-refractivity contribution in [2.75, 3.05) is 4.90 Å². The molecule has 0 unspecified atom stereocenters. The van der Waals surface area contributed by atoms with Crippen LogP contribution in [-0.4, -0.2) is 22.0 Å². The molecule has 0 aliphatic carbocycles. The number of nitrogens with one attached hydrogen (secondary N) is 1. The third-order valence-electron chi connectivity index (χ3n) is 4.30. The Hall–Kier alpha value is -3.75. The summed E-state index contributed by atoms with van der Waals surface area (Å²) in [6, 6.07) is 19.2. The molecule has 0 saturated carbocycles. The zero-order valence-electron chi connectivity index (χ0n) is 15.6. The maximum Gasteiger partial charge on any atom is 0.270 e. The maximum atomic E-state index is 13.0. The number of ether oxygens (including phenoxy) is 1. The van der Waals surface area contributed by atoms with Crippen LogP contribution in [0.4, 0.5) is 5.69 Å². The van der Waals surface area contributed by atoms with E-state index < -0.39 is 11.8 Å². The molecule has 2 N–H and O–H groups in total. The Labute approximate surface area is 177 Å². The minimum atomic E-state index is -0.618. The highest BCUT2D eigenvalue weighted by Gasteiger charge is 2.34. The van der Waals surface area contributed by atoms with E-state index in [9.17, 15) is 9.59 Å². The molecule has 1 saturated heterocycles. The van der Waals surface area contributed by atoms with E-state index in [0.717, 1.165) is 0 Å². The topological polar surface area (TPSA) is 92.0 Å². The number of rotatable bonds is 5. The van der Waals surface area contributed by atoms with E-state index in [1.54, 1.807) is 36.4 Å². The van der Waals surface area contributed by atoms with E-state index in [-0.39, 0.29) is 23.1 Å². The van der Waals surface area contributed by atoms with Gasteiger partial charge in [0.1, 0.15) is 35.2 Å². The first-order chi connectivity index (χ1) is 14.5. The Morgan fingerprint density at radius 1 is 1.00 bits per heavy atom. The average Bonchev–Trinajstić information content (AvgIpc) is 3.21. The second-order valence-electron chi connectivity index (χ2n) is 6.33. The zero-order valence-corrected chi connectivity index (χ0v) is 16.4. The summed E-state index contributed by atoms with van der Waals surface area (Å²) in [4.78, 5) is 26.5. The summed E-state index contributed by atoms with van der Waals surface area (Å²) in [7, 11) is 0. The van der Waals surface area contributed by atoms with Gasteiger partial charge in [0.25, 0.3) is 11.8 Å². The number of aliphatic hydroxyl groups is 1. The molecule has 2 aromatic carbocycles. The molecule has 3 aromatic rings. The molecule has 4 rings (SSSR count). The fourth-order valence-electron chi connectivity index (χ4n) is 2.88. The second kappa shape index (κ2) is 8.32. The number of amides is 2. The predicted octanol–water partition coefficient (Wildman–Crippen LogP) is 3.40. The van der Waals surface area contributed by atoms with Crippen molar-refractivity contribution in [1.82, 2.24) is 5.32 Å². The Morgan fingerprint density at radius 2 is 1.70 bits per heavy atom. The summed E-state index contributed by atoms with van der Waals surface area (Å²) in [6.45, 7) is -0.281. The van der Waals surface area contributed by atoms with Gasteiger partial charge in [-0.3, -0.25) is 19.8 Å². The molecule has 1 aliphatic rings. The van der Waals surface area contributed by atoms with Gasteiger partial charge in [0, 0.05) is 0 Å². The highest BCUT2D eigenvalue weighted by Crippen LogP contribution is 2.27. The summed E-state index contributed by atoms with van der Waals surface area (Å²) < 4.78 is 11.1. The van der Waals surface area contributed by atoms with Crippen molar-refractivity contribution in [3.05, 3.63) is 83.8 Å². The first-order valence-corrected chi connectivity index (χ1v) is 9.40. The molecule has 0 spiro atoms. The fraction of sp³-hybridized carbons (Fsp3) is 0.0455. The summed E-state index contributed by atoms with van der Waals surface area (Å²) >= 11 is 5.20. The number of furan rings is 1. The Balaban J connectivity index is 1.58. The van der Waals surface area contributed by atoms with Crippen LogP contribution >= 0.6 is 12.2 Å². The minimum absolute atomic E-state index is 0.0191. The number of benzene rings is 2. The van der Waals surface area contributed by atoms with Crippen molar-refractivity contribution < 1.29 is 23.8 Å². The van der Waals surface area contributed by atoms with Crippen LogP contribution in [-0.2, 0) is 16.2 Å². The van der Waals surface area contributed by atoms with E-state index in [2.05, 4.69) is 5.32 Å². The predicted molar refractivity (Wildman–Crippen MR) is 114 cm³/mol. The number of hydrogen-bond donors (Lipinski definition) is 2. The summed E-state index contributed by atoms with van der Waals surface area (Å²) in [5.41, 5.74) is 0.346. The van der Waals surface area contributed by atoms with Gasteiger partial charge in [0.2, 0.25) is 0 Å². The minimum Gasteiger partial charge on any atom is -0.459 e. The van der Waals surface area contributed by atoms with E-state index in [1.807, 2.05) is 30.3 Å². The summed E-state index contributed by atoms with van der Waals surface area (Å²) in [6.07, 6.45) is 1.32. The smallest absolute Gasteiger partial charge is 0.270 e. The number of carbonyl (C=O) groups is 2. The third-order valence-corrected chi connectivity index (χ3v) is 4.59. The molecule has 30 heavy (non-hydrogen) atoms. The summed E-state index contributed by atoms with van der Waals surface area (Å²) in [5, 5.41) is 11.6. The number of thiocarbonyl (C=S) groups is 1. The fourth-order valence-corrected chi connectivity index (χ4v) is 3.16. The van der Waals surface area contributed by atoms with Crippen molar-refractivity contribution in [1.29, 1.82) is 0 Å². The van der Waals surface area contributed by atoms with Crippen LogP contribution in [0.3, 0.4) is 0 Å². The van der Waals surface area contributed by atoms with Crippen LogP contribution in [0.15, 0.2) is 76.7 Å². The van der Waals surface area contributed by atoms with Gasteiger partial charge in [-0.25, -0.2) is 0 Å². The Bertz CT molecular complexity index is 1140. The number of aliphatic hydroxyl groups excluding tert-OH is 1. The number of hydrogen-bond acceptors (Lipinski definition) is 6. The standard InChI is InChI=1S/C22H16N2O5S/c25-13-18-11-10-17(29-18)12-19-20(26)23-22(30)24(21(19)27)14-6-8-16(9-7-14)28-15-4-2-1-3-5-15/h1-12,25H,13H2,(H,23,26,30)/b19-12-. The van der Waals surface area contributed by atoms with Gasteiger partial charge >= 0.3 is 0 Å². The highest BCUT2D eigenvalue weighted by molar-refractivity contribution is 7.80. The molecule has 1 aromatic heterocycles. The van der Waals surface area contributed by atoms with E-state index in [0.29, 0.717) is 22.9 Å². The normalized spacial score (nSPS) is 15.4. The number of anilines is 1. The van der Waals surface area contributed by atoms with Gasteiger partial charge in [-0.1, -0.05) is 18.2 Å². The van der Waals surface area contributed by atoms with Crippen molar-refractivity contribution in [2.45, 2.75) is 6.61 Å². The highest BCUT2D eigenvalue weighted by atomic mass is 32.1. The second-order valence-corrected chi connectivity index (χ2v) is 6.72. The van der Waals surface area contributed by atoms with Gasteiger partial charge in [-0.05, 0) is 66.8 Å². The van der Waals surface area contributed by atoms with Gasteiger partial charge < -0.3 is 14.3 Å². The first kappa shape index (κ1) is 19.6. The zero-order chi connectivity index (χ0) is 21.1. The molecular weight excluding hydrogens is 404 g/mol. The number of para-hydroxylation sites is 1. The molecule has 8 heteroatoms. The molecule has 2 heterocycles. The SMILES string of the molecule is O=C1NC(=S)N(c2ccc(Oc3ccccc3)cc2)C(=O)/C1=C\c1ccc(CO)o1. The van der Waals surface area contributed by atoms with E-state index in [1.165, 1.54) is 11.0 Å². The molecule has 1 fully saturated rings. The molecule has 0 radical (unpaired) electrons. The quantitative estimate of drug-likeness (QED) is 0.373. The lowest BCUT2D eigenvalue weighted by atomic mass is 10.1. The van der Waals surface area contributed by atoms with E-state index in [4.69, 9.17) is 26.5 Å². The van der Waals surface area contributed by atoms with Gasteiger partial charge in [-0.2, -0.15) is 0 Å². The molecular formula is C22H16N2O5S. The lowest BCUT2D eigenvalue weighted by molar-refractivity contribution is -0.122. The first-order valence-electron chi connectivity index (χ1n) is 8.99. The van der Waals surface area contributed by atoms with Gasteiger partial charge in [-0.15, -0.1) is 0 Å². The van der Waals surface area contributed by atoms with Crippen molar-refractivity contribution in [3.8, 4) is 11.5 Å². The van der Waals surface area contributed by atoms with Crippen molar-refractivity contribution in [2.24, 2.45) is 0 Å². The molecule has 0 atom stereocenters. The number of carbonyl (C=O) groups excluding carboxylic acids is 2. The molecule has 7 nitrogen and oxygen atoms in total. The Morgan fingerprint density at radius 3 is 2.37 bits per heavy atom. The van der Waals surface area contributed by atoms with Crippen LogP contribution in [0.25, 0.3) is 6.08 Å². The average molecular weight is 420 g/mol. The maximum absolute atomic E-state index is 13.0. The van der Waals surface area contributed by atoms with Gasteiger partial charge in [0.15, 0.2) is 5.11 Å². The Kier molecular flexibility index (Phi) is 5.42. The van der Waals surface area contributed by atoms with Crippen LogP contribution < -0.4 is 15.0 Å². The lowest BCUT2D eigenvalue weighted by Gasteiger charge is -2.28. The van der Waals surface area contributed by atoms with E-state index >= 15 is 0 Å². The third kappa shape index (κ3) is 4.00. The van der Waals surface area contributed by atoms with Crippen LogP contribution in [0.5, 0.6) is 11.5 Å². The van der Waals surface area contributed by atoms with Crippen LogP contribution in [0, 0.1) is 0 Å². The van der Waals surface area contributed by atoms with Gasteiger partial charge in [0.05, 0.1) is 5.69 Å². The monoisotopic (exact) mass is 420 g/mol. The van der Waals surface area contributed by atoms with Crippen LogP contribution in [0.1, 0.15) is 11.5 Å². The number of nitrogens with zero attached hydrogens (tertiary/aromatic N) is 1. The van der Waals surface area contributed by atoms with Crippen molar-refractivity contribution in [3.63, 3.8) is 0 Å². The molecule has 0 bridgehead atoms. The molecule has 150 valence electrons. The largest absolute Gasteiger partial charge is 0.459 e. The van der Waals surface area contributed by atoms with Crippen molar-refractivity contribution >= 4 is 40.9 Å². The lowest BCUT2D eigenvalue weighted by Crippen LogP contribution is -2.54. The molecule has 2 amide bonds. The molecule has 1 aliphatic heterocycles. The van der Waals surface area contributed by atoms with Crippen LogP contribution in [0.2, 0.25) is 0 Å².